The Labute approximate surface area is 149 Å². The van der Waals surface area contributed by atoms with Crippen molar-refractivity contribution in [3.05, 3.63) is 23.3 Å². The van der Waals surface area contributed by atoms with Gasteiger partial charge in [0, 0.05) is 11.0 Å². The van der Waals surface area contributed by atoms with Crippen molar-refractivity contribution >= 4 is 5.97 Å². The molecular formula is C20H30O5. The molecule has 25 heavy (non-hydrogen) atoms. The molecule has 3 rings (SSSR count). The average molecular weight is 350 g/mol. The number of allylic oxidation sites excluding steroid dienone is 1. The fourth-order valence-electron chi connectivity index (χ4n) is 5.53. The molecule has 0 aromatic carbocycles. The third-order valence-electron chi connectivity index (χ3n) is 7.20. The summed E-state index contributed by atoms with van der Waals surface area (Å²) in [4.78, 5) is 11.7. The van der Waals surface area contributed by atoms with Crippen LogP contribution in [0.25, 0.3) is 0 Å². The maximum Gasteiger partial charge on any atom is 0.334 e. The molecule has 1 aliphatic heterocycles. The summed E-state index contributed by atoms with van der Waals surface area (Å²) in [6, 6.07) is 0. The molecule has 0 saturated heterocycles. The van der Waals surface area contributed by atoms with E-state index < -0.39 is 11.5 Å². The van der Waals surface area contributed by atoms with Gasteiger partial charge >= 0.3 is 5.97 Å². The molecule has 0 bridgehead atoms. The lowest BCUT2D eigenvalue weighted by molar-refractivity contribution is -0.145. The third-order valence-corrected chi connectivity index (χ3v) is 7.20. The number of hydrogen-bond donors (Lipinski definition) is 3. The minimum Gasteiger partial charge on any atom is -0.458 e. The van der Waals surface area contributed by atoms with Crippen LogP contribution in [-0.2, 0) is 9.53 Å². The summed E-state index contributed by atoms with van der Waals surface area (Å²) in [5.74, 6) is 0.0637. The lowest BCUT2D eigenvalue weighted by Crippen LogP contribution is -2.57. The Morgan fingerprint density at radius 3 is 2.64 bits per heavy atom. The molecule has 0 amide bonds. The summed E-state index contributed by atoms with van der Waals surface area (Å²) in [7, 11) is 0. The van der Waals surface area contributed by atoms with Crippen LogP contribution in [0.3, 0.4) is 0 Å². The maximum absolute atomic E-state index is 11.7. The first kappa shape index (κ1) is 18.6. The van der Waals surface area contributed by atoms with Crippen molar-refractivity contribution in [1.82, 2.24) is 0 Å². The zero-order chi connectivity index (χ0) is 18.2. The monoisotopic (exact) mass is 350 g/mol. The Morgan fingerprint density at radius 1 is 1.28 bits per heavy atom. The second kappa shape index (κ2) is 6.86. The van der Waals surface area contributed by atoms with Crippen LogP contribution >= 0.6 is 0 Å². The van der Waals surface area contributed by atoms with Crippen LogP contribution in [0.1, 0.15) is 46.0 Å². The summed E-state index contributed by atoms with van der Waals surface area (Å²) >= 11 is 0. The van der Waals surface area contributed by atoms with Crippen molar-refractivity contribution in [3.8, 4) is 0 Å². The van der Waals surface area contributed by atoms with Crippen LogP contribution in [0.15, 0.2) is 23.3 Å². The van der Waals surface area contributed by atoms with Crippen LogP contribution in [-0.4, -0.2) is 47.2 Å². The fourth-order valence-corrected chi connectivity index (χ4v) is 5.53. The summed E-state index contributed by atoms with van der Waals surface area (Å²) in [5.41, 5.74) is 1.12. The zero-order valence-electron chi connectivity index (χ0n) is 15.2. The minimum absolute atomic E-state index is 0.0227. The molecule has 5 heteroatoms. The van der Waals surface area contributed by atoms with Crippen LogP contribution < -0.4 is 0 Å². The van der Waals surface area contributed by atoms with Gasteiger partial charge in [0.1, 0.15) is 6.61 Å². The molecule has 3 aliphatic rings. The van der Waals surface area contributed by atoms with Crippen molar-refractivity contribution in [2.45, 2.75) is 52.1 Å². The molecule has 3 N–H and O–H groups in total. The highest BCUT2D eigenvalue weighted by molar-refractivity contribution is 5.90. The Morgan fingerprint density at radius 2 is 2.04 bits per heavy atom. The predicted molar refractivity (Wildman–Crippen MR) is 93.6 cm³/mol. The number of carbonyl (C=O) groups excluding carboxylic acids is 1. The van der Waals surface area contributed by atoms with Crippen molar-refractivity contribution in [3.63, 3.8) is 0 Å². The van der Waals surface area contributed by atoms with Crippen molar-refractivity contribution < 1.29 is 24.9 Å². The molecule has 1 heterocycles. The van der Waals surface area contributed by atoms with Crippen LogP contribution in [0, 0.1) is 22.7 Å². The molecule has 2 aliphatic carbocycles. The quantitative estimate of drug-likeness (QED) is 0.521. The van der Waals surface area contributed by atoms with E-state index in [0.717, 1.165) is 30.4 Å². The first-order valence-corrected chi connectivity index (χ1v) is 9.31. The summed E-state index contributed by atoms with van der Waals surface area (Å²) in [5, 5.41) is 30.4. The minimum atomic E-state index is -0.533. The fraction of sp³-hybridized carbons (Fsp3) is 0.750. The summed E-state index contributed by atoms with van der Waals surface area (Å²) in [6.45, 7) is 4.55. The highest BCUT2D eigenvalue weighted by atomic mass is 16.5. The van der Waals surface area contributed by atoms with E-state index in [1.54, 1.807) is 0 Å². The van der Waals surface area contributed by atoms with E-state index in [4.69, 9.17) is 4.74 Å². The van der Waals surface area contributed by atoms with Crippen molar-refractivity contribution in [2.75, 3.05) is 19.8 Å². The molecule has 0 unspecified atom stereocenters. The molecule has 140 valence electrons. The second-order valence-electron chi connectivity index (χ2n) is 8.37. The third kappa shape index (κ3) is 2.96. The number of carbonyl (C=O) groups is 1. The van der Waals surface area contributed by atoms with Gasteiger partial charge in [0.25, 0.3) is 0 Å². The van der Waals surface area contributed by atoms with Gasteiger partial charge in [-0.3, -0.25) is 0 Å². The van der Waals surface area contributed by atoms with E-state index in [2.05, 4.69) is 13.0 Å². The van der Waals surface area contributed by atoms with Gasteiger partial charge in [-0.2, -0.15) is 0 Å². The number of fused-ring (bicyclic) bond motifs is 1. The molecule has 5 atom stereocenters. The van der Waals surface area contributed by atoms with E-state index in [0.29, 0.717) is 19.4 Å². The van der Waals surface area contributed by atoms with Gasteiger partial charge in [-0.25, -0.2) is 4.79 Å². The topological polar surface area (TPSA) is 87.0 Å². The smallest absolute Gasteiger partial charge is 0.334 e. The van der Waals surface area contributed by atoms with Crippen LogP contribution in [0.5, 0.6) is 0 Å². The second-order valence-corrected chi connectivity index (χ2v) is 8.37. The van der Waals surface area contributed by atoms with Gasteiger partial charge in [-0.1, -0.05) is 19.9 Å². The Hall–Kier alpha value is -1.17. The van der Waals surface area contributed by atoms with Gasteiger partial charge in [0.15, 0.2) is 0 Å². The molecular weight excluding hydrogens is 320 g/mol. The average Bonchev–Trinajstić information content (AvgIpc) is 3.01. The number of cyclic esters (lactones) is 1. The van der Waals surface area contributed by atoms with Gasteiger partial charge in [-0.15, -0.1) is 0 Å². The molecule has 1 fully saturated rings. The van der Waals surface area contributed by atoms with Crippen molar-refractivity contribution in [1.29, 1.82) is 0 Å². The van der Waals surface area contributed by atoms with Gasteiger partial charge < -0.3 is 20.1 Å². The molecule has 1 saturated carbocycles. The highest BCUT2D eigenvalue weighted by Crippen LogP contribution is 2.60. The highest BCUT2D eigenvalue weighted by Gasteiger charge is 2.57. The number of hydrogen-bond acceptors (Lipinski definition) is 5. The van der Waals surface area contributed by atoms with Crippen LogP contribution in [0.4, 0.5) is 0 Å². The van der Waals surface area contributed by atoms with E-state index in [-0.39, 0.29) is 36.4 Å². The summed E-state index contributed by atoms with van der Waals surface area (Å²) in [6.07, 6.45) is 7.12. The number of esters is 1. The molecule has 0 aromatic heterocycles. The largest absolute Gasteiger partial charge is 0.458 e. The predicted octanol–water partition coefficient (Wildman–Crippen LogP) is 1.96. The molecule has 0 radical (unpaired) electrons. The molecule has 0 spiro atoms. The lowest BCUT2D eigenvalue weighted by atomic mass is 9.47. The number of rotatable bonds is 5. The Kier molecular flexibility index (Phi) is 5.11. The van der Waals surface area contributed by atoms with Gasteiger partial charge in [0.05, 0.1) is 19.3 Å². The number of aliphatic hydroxyl groups is 3. The first-order valence-electron chi connectivity index (χ1n) is 9.31. The lowest BCUT2D eigenvalue weighted by Gasteiger charge is -2.59. The Balaban J connectivity index is 1.88. The maximum atomic E-state index is 11.7. The van der Waals surface area contributed by atoms with Gasteiger partial charge in [-0.05, 0) is 61.0 Å². The standard InChI is InChI=1S/C20H30O5/c1-19-9-7-17(23)20(2,12-22)16(19)6-4-14(11-21)15(19)5-3-13-8-10-25-18(13)24/h4,8,15-17,21-23H,3,5-7,9-12H2,1-2H3/t15-,16+,17-,19+,20+/m1/s1. The summed E-state index contributed by atoms with van der Waals surface area (Å²) < 4.78 is 4.99. The van der Waals surface area contributed by atoms with E-state index in [1.165, 1.54) is 0 Å². The van der Waals surface area contributed by atoms with E-state index >= 15 is 0 Å². The molecule has 5 nitrogen and oxygen atoms in total. The van der Waals surface area contributed by atoms with E-state index in [1.807, 2.05) is 13.0 Å². The van der Waals surface area contributed by atoms with Crippen LogP contribution in [0.2, 0.25) is 0 Å². The molecule has 0 aromatic rings. The van der Waals surface area contributed by atoms with Gasteiger partial charge in [0.2, 0.25) is 0 Å². The zero-order valence-corrected chi connectivity index (χ0v) is 15.2. The first-order chi connectivity index (χ1) is 11.9. The number of ether oxygens (including phenoxy) is 1. The SMILES string of the molecule is C[C@]1(CO)[C@H]2CC=C(CO)[C@@H](CCC3=CCOC3=O)[C@]2(C)CC[C@H]1O. The normalized spacial score (nSPS) is 41.0. The number of aliphatic hydroxyl groups excluding tert-OH is 3. The van der Waals surface area contributed by atoms with E-state index in [9.17, 15) is 20.1 Å². The van der Waals surface area contributed by atoms with Crippen molar-refractivity contribution in [2.24, 2.45) is 22.7 Å². The Bertz CT molecular complexity index is 595.